The Labute approximate surface area is 81.5 Å². The van der Waals surface area contributed by atoms with Crippen LogP contribution in [0.25, 0.3) is 0 Å². The summed E-state index contributed by atoms with van der Waals surface area (Å²) in [7, 11) is 0. The average Bonchev–Trinajstić information content (AvgIpc) is 2.02. The van der Waals surface area contributed by atoms with Crippen LogP contribution in [0.1, 0.15) is 18.9 Å². The van der Waals surface area contributed by atoms with Crippen LogP contribution in [0.2, 0.25) is 5.02 Å². The van der Waals surface area contributed by atoms with E-state index in [9.17, 15) is 9.18 Å². The summed E-state index contributed by atoms with van der Waals surface area (Å²) in [5, 5.41) is 0.390. The highest BCUT2D eigenvalue weighted by atomic mass is 35.5. The highest BCUT2D eigenvalue weighted by Crippen LogP contribution is 2.18. The summed E-state index contributed by atoms with van der Waals surface area (Å²) >= 11 is 5.76. The molecule has 3 heteroatoms. The zero-order valence-electron chi connectivity index (χ0n) is 7.31. The number of carbonyl (C=O) groups excluding carboxylic acids is 1. The van der Waals surface area contributed by atoms with Crippen molar-refractivity contribution in [1.82, 2.24) is 0 Å². The number of halogens is 2. The van der Waals surface area contributed by atoms with E-state index in [1.54, 1.807) is 6.07 Å². The summed E-state index contributed by atoms with van der Waals surface area (Å²) in [5.74, 6) is -0.239. The average molecular weight is 201 g/mol. The Kier molecular flexibility index (Phi) is 3.43. The van der Waals surface area contributed by atoms with Gasteiger partial charge in [-0.1, -0.05) is 17.7 Å². The van der Waals surface area contributed by atoms with Gasteiger partial charge < -0.3 is 4.79 Å². The van der Waals surface area contributed by atoms with Gasteiger partial charge in [-0.25, -0.2) is 4.39 Å². The smallest absolute Gasteiger partial charge is 0.130 e. The van der Waals surface area contributed by atoms with Gasteiger partial charge in [0.2, 0.25) is 0 Å². The van der Waals surface area contributed by atoms with Crippen LogP contribution in [0.15, 0.2) is 18.2 Å². The van der Waals surface area contributed by atoms with Crippen LogP contribution in [-0.2, 0) is 11.2 Å². The molecule has 0 spiro atoms. The van der Waals surface area contributed by atoms with Gasteiger partial charge in [0.05, 0.1) is 0 Å². The highest BCUT2D eigenvalue weighted by molar-refractivity contribution is 6.31. The molecule has 0 radical (unpaired) electrons. The highest BCUT2D eigenvalue weighted by Gasteiger charge is 2.02. The molecule has 0 bridgehead atoms. The van der Waals surface area contributed by atoms with Gasteiger partial charge in [-0.15, -0.1) is 0 Å². The molecule has 0 unspecified atom stereocenters. The van der Waals surface area contributed by atoms with Crippen LogP contribution in [0.5, 0.6) is 0 Å². The van der Waals surface area contributed by atoms with Gasteiger partial charge in [-0.05, 0) is 31.0 Å². The molecule has 0 saturated carbocycles. The zero-order valence-corrected chi connectivity index (χ0v) is 8.07. The standard InChI is InChI=1S/C10H10ClFO/c1-7(13)2-3-8-4-5-9(12)6-10(8)11/h4-6H,2-3H2,1H3. The first-order valence-corrected chi connectivity index (χ1v) is 4.41. The lowest BCUT2D eigenvalue weighted by Crippen LogP contribution is -1.94. The lowest BCUT2D eigenvalue weighted by Gasteiger charge is -2.01. The molecule has 0 saturated heterocycles. The normalized spacial score (nSPS) is 10.1. The number of hydrogen-bond donors (Lipinski definition) is 0. The number of rotatable bonds is 3. The maximum Gasteiger partial charge on any atom is 0.130 e. The Morgan fingerprint density at radius 1 is 1.54 bits per heavy atom. The largest absolute Gasteiger partial charge is 0.300 e. The van der Waals surface area contributed by atoms with E-state index >= 15 is 0 Å². The first-order valence-electron chi connectivity index (χ1n) is 4.03. The number of ketones is 1. The van der Waals surface area contributed by atoms with Gasteiger partial charge in [-0.3, -0.25) is 0 Å². The summed E-state index contributed by atoms with van der Waals surface area (Å²) < 4.78 is 12.6. The van der Waals surface area contributed by atoms with Crippen molar-refractivity contribution in [2.24, 2.45) is 0 Å². The van der Waals surface area contributed by atoms with Crippen molar-refractivity contribution < 1.29 is 9.18 Å². The molecule has 0 aromatic heterocycles. The van der Waals surface area contributed by atoms with Gasteiger partial charge in [-0.2, -0.15) is 0 Å². The summed E-state index contributed by atoms with van der Waals surface area (Å²) in [4.78, 5) is 10.7. The second-order valence-electron chi connectivity index (χ2n) is 2.94. The molecule has 0 aliphatic rings. The van der Waals surface area contributed by atoms with Crippen LogP contribution in [-0.4, -0.2) is 5.78 Å². The van der Waals surface area contributed by atoms with Gasteiger partial charge in [0.25, 0.3) is 0 Å². The van der Waals surface area contributed by atoms with Gasteiger partial charge in [0.1, 0.15) is 11.6 Å². The predicted octanol–water partition coefficient (Wildman–Crippen LogP) is 3.00. The first-order chi connectivity index (χ1) is 6.09. The SMILES string of the molecule is CC(=O)CCc1ccc(F)cc1Cl. The molecule has 1 rings (SSSR count). The minimum atomic E-state index is -0.350. The molecule has 1 aromatic carbocycles. The molecule has 0 aliphatic carbocycles. The van der Waals surface area contributed by atoms with Crippen LogP contribution in [0.3, 0.4) is 0 Å². The molecule has 0 fully saturated rings. The summed E-state index contributed by atoms with van der Waals surface area (Å²) in [6.45, 7) is 1.53. The monoisotopic (exact) mass is 200 g/mol. The fraction of sp³-hybridized carbons (Fsp3) is 0.300. The minimum absolute atomic E-state index is 0.111. The van der Waals surface area contributed by atoms with Crippen molar-refractivity contribution in [2.75, 3.05) is 0 Å². The Balaban J connectivity index is 2.72. The number of aryl methyl sites for hydroxylation is 1. The first kappa shape index (κ1) is 10.2. The molecule has 0 heterocycles. The van der Waals surface area contributed by atoms with Crippen LogP contribution in [0.4, 0.5) is 4.39 Å². The zero-order chi connectivity index (χ0) is 9.84. The fourth-order valence-electron chi connectivity index (χ4n) is 1.04. The third kappa shape index (κ3) is 3.15. The Bertz CT molecular complexity index is 323. The molecular weight excluding hydrogens is 191 g/mol. The van der Waals surface area contributed by atoms with E-state index < -0.39 is 0 Å². The van der Waals surface area contributed by atoms with E-state index in [-0.39, 0.29) is 11.6 Å². The number of hydrogen-bond acceptors (Lipinski definition) is 1. The van der Waals surface area contributed by atoms with E-state index in [1.807, 2.05) is 0 Å². The van der Waals surface area contributed by atoms with Gasteiger partial charge in [0.15, 0.2) is 0 Å². The number of Topliss-reactive ketones (excluding diaryl/α,β-unsaturated/α-hetero) is 1. The van der Waals surface area contributed by atoms with Crippen molar-refractivity contribution in [3.63, 3.8) is 0 Å². The van der Waals surface area contributed by atoms with Crippen molar-refractivity contribution in [3.05, 3.63) is 34.6 Å². The predicted molar refractivity (Wildman–Crippen MR) is 50.4 cm³/mol. The number of carbonyl (C=O) groups is 1. The molecule has 13 heavy (non-hydrogen) atoms. The second kappa shape index (κ2) is 4.38. The van der Waals surface area contributed by atoms with E-state index in [2.05, 4.69) is 0 Å². The third-order valence-electron chi connectivity index (χ3n) is 1.76. The Morgan fingerprint density at radius 3 is 2.77 bits per heavy atom. The molecule has 70 valence electrons. The Hall–Kier alpha value is -0.890. The fourth-order valence-corrected chi connectivity index (χ4v) is 1.30. The second-order valence-corrected chi connectivity index (χ2v) is 3.34. The maximum absolute atomic E-state index is 12.6. The lowest BCUT2D eigenvalue weighted by atomic mass is 10.1. The van der Waals surface area contributed by atoms with Crippen molar-refractivity contribution in [3.8, 4) is 0 Å². The lowest BCUT2D eigenvalue weighted by molar-refractivity contribution is -0.116. The molecular formula is C10H10ClFO. The molecule has 0 aliphatic heterocycles. The molecule has 0 amide bonds. The molecule has 1 nitrogen and oxygen atoms in total. The molecule has 0 atom stereocenters. The van der Waals surface area contributed by atoms with E-state index in [0.29, 0.717) is 17.9 Å². The minimum Gasteiger partial charge on any atom is -0.300 e. The van der Waals surface area contributed by atoms with E-state index in [0.717, 1.165) is 5.56 Å². The quantitative estimate of drug-likeness (QED) is 0.733. The van der Waals surface area contributed by atoms with E-state index in [4.69, 9.17) is 11.6 Å². The summed E-state index contributed by atoms with van der Waals surface area (Å²) in [5.41, 5.74) is 0.818. The molecule has 0 N–H and O–H groups in total. The van der Waals surface area contributed by atoms with Crippen molar-refractivity contribution in [2.45, 2.75) is 19.8 Å². The van der Waals surface area contributed by atoms with Crippen molar-refractivity contribution >= 4 is 17.4 Å². The maximum atomic E-state index is 12.6. The van der Waals surface area contributed by atoms with Crippen LogP contribution < -0.4 is 0 Å². The number of benzene rings is 1. The van der Waals surface area contributed by atoms with Gasteiger partial charge >= 0.3 is 0 Å². The van der Waals surface area contributed by atoms with Gasteiger partial charge in [0, 0.05) is 11.4 Å². The summed E-state index contributed by atoms with van der Waals surface area (Å²) in [6.07, 6.45) is 1.03. The third-order valence-corrected chi connectivity index (χ3v) is 2.11. The summed E-state index contributed by atoms with van der Waals surface area (Å²) in [6, 6.07) is 4.22. The topological polar surface area (TPSA) is 17.1 Å². The van der Waals surface area contributed by atoms with E-state index in [1.165, 1.54) is 19.1 Å². The van der Waals surface area contributed by atoms with Crippen LogP contribution >= 0.6 is 11.6 Å². The molecule has 1 aromatic rings. The van der Waals surface area contributed by atoms with Crippen molar-refractivity contribution in [1.29, 1.82) is 0 Å². The van der Waals surface area contributed by atoms with Crippen LogP contribution in [0, 0.1) is 5.82 Å². The Morgan fingerprint density at radius 2 is 2.23 bits per heavy atom.